The van der Waals surface area contributed by atoms with Crippen molar-refractivity contribution in [2.45, 2.75) is 37.9 Å². The van der Waals surface area contributed by atoms with Crippen LogP contribution in [0.15, 0.2) is 30.0 Å². The van der Waals surface area contributed by atoms with Crippen molar-refractivity contribution in [1.29, 1.82) is 0 Å². The topological polar surface area (TPSA) is 80.9 Å². The summed E-state index contributed by atoms with van der Waals surface area (Å²) in [7, 11) is 1.92. The third-order valence-corrected chi connectivity index (χ3v) is 6.90. The molecule has 1 spiro atoms. The van der Waals surface area contributed by atoms with Crippen LogP contribution in [0.25, 0.3) is 0 Å². The fourth-order valence-electron chi connectivity index (χ4n) is 4.56. The molecule has 28 heavy (non-hydrogen) atoms. The summed E-state index contributed by atoms with van der Waals surface area (Å²) in [6.07, 6.45) is 7.46. The summed E-state index contributed by atoms with van der Waals surface area (Å²) >= 11 is 1.51. The van der Waals surface area contributed by atoms with Crippen molar-refractivity contribution in [3.8, 4) is 0 Å². The van der Waals surface area contributed by atoms with E-state index >= 15 is 0 Å². The highest BCUT2D eigenvalue weighted by molar-refractivity contribution is 7.12. The Labute approximate surface area is 167 Å². The van der Waals surface area contributed by atoms with Gasteiger partial charge in [0.1, 0.15) is 5.82 Å². The van der Waals surface area contributed by atoms with E-state index in [1.165, 1.54) is 11.3 Å². The molecular formula is C19H23N7OS. The van der Waals surface area contributed by atoms with Gasteiger partial charge in [0.15, 0.2) is 0 Å². The maximum Gasteiger partial charge on any atom is 0.262 e. The minimum Gasteiger partial charge on any atom is -0.341 e. The summed E-state index contributed by atoms with van der Waals surface area (Å²) in [5.74, 6) is 0.977. The summed E-state index contributed by atoms with van der Waals surface area (Å²) in [5, 5.41) is 13.2. The maximum absolute atomic E-state index is 12.8. The number of hydrogen-bond donors (Lipinski definition) is 1. The van der Waals surface area contributed by atoms with Crippen LogP contribution < -0.4 is 5.32 Å². The van der Waals surface area contributed by atoms with E-state index in [4.69, 9.17) is 0 Å². The average Bonchev–Trinajstić information content (AvgIpc) is 3.41. The summed E-state index contributed by atoms with van der Waals surface area (Å²) in [5.41, 5.74) is 2.23. The van der Waals surface area contributed by atoms with Gasteiger partial charge in [0.05, 0.1) is 28.3 Å². The van der Waals surface area contributed by atoms with Crippen molar-refractivity contribution in [2.75, 3.05) is 13.1 Å². The SMILES string of the molecule is CCc1ccsc1C(=O)NC1CC2(CN(Cc3cnnn3C)C2)n2ccnc21. The van der Waals surface area contributed by atoms with E-state index in [9.17, 15) is 4.79 Å². The molecule has 1 N–H and O–H groups in total. The zero-order valence-electron chi connectivity index (χ0n) is 16.0. The molecule has 3 aromatic rings. The molecule has 0 bridgehead atoms. The lowest BCUT2D eigenvalue weighted by atomic mass is 9.86. The number of rotatable bonds is 5. The minimum atomic E-state index is -0.0465. The molecule has 8 nitrogen and oxygen atoms in total. The number of nitrogens with zero attached hydrogens (tertiary/aromatic N) is 6. The van der Waals surface area contributed by atoms with Gasteiger partial charge in [-0.3, -0.25) is 14.4 Å². The van der Waals surface area contributed by atoms with Crippen LogP contribution in [0.4, 0.5) is 0 Å². The Hall–Kier alpha value is -2.52. The predicted octanol–water partition coefficient (Wildman–Crippen LogP) is 1.72. The first-order valence-corrected chi connectivity index (χ1v) is 10.4. The molecular weight excluding hydrogens is 374 g/mol. The molecule has 9 heteroatoms. The van der Waals surface area contributed by atoms with Crippen LogP contribution in [0.5, 0.6) is 0 Å². The number of imidazole rings is 1. The number of carbonyl (C=O) groups excluding carboxylic acids is 1. The van der Waals surface area contributed by atoms with Crippen molar-refractivity contribution < 1.29 is 4.79 Å². The highest BCUT2D eigenvalue weighted by Gasteiger charge is 2.52. The number of nitrogens with one attached hydrogen (secondary N) is 1. The summed E-state index contributed by atoms with van der Waals surface area (Å²) in [6, 6.07) is 1.99. The van der Waals surface area contributed by atoms with Crippen molar-refractivity contribution in [2.24, 2.45) is 7.05 Å². The van der Waals surface area contributed by atoms with Crippen LogP contribution in [-0.4, -0.2) is 48.4 Å². The van der Waals surface area contributed by atoms with Crippen LogP contribution >= 0.6 is 11.3 Å². The third-order valence-electron chi connectivity index (χ3n) is 5.95. The minimum absolute atomic E-state index is 0.0127. The van der Waals surface area contributed by atoms with Crippen molar-refractivity contribution >= 4 is 17.2 Å². The number of aryl methyl sites for hydroxylation is 2. The van der Waals surface area contributed by atoms with Gasteiger partial charge in [-0.1, -0.05) is 12.1 Å². The molecule has 0 aromatic carbocycles. The van der Waals surface area contributed by atoms with Gasteiger partial charge in [-0.15, -0.1) is 16.4 Å². The van der Waals surface area contributed by atoms with Crippen LogP contribution in [-0.2, 0) is 25.6 Å². The van der Waals surface area contributed by atoms with E-state index in [0.717, 1.165) is 54.4 Å². The Morgan fingerprint density at radius 3 is 3.04 bits per heavy atom. The van der Waals surface area contributed by atoms with Crippen molar-refractivity contribution in [3.63, 3.8) is 0 Å². The second kappa shape index (κ2) is 6.52. The molecule has 1 fully saturated rings. The Morgan fingerprint density at radius 1 is 1.43 bits per heavy atom. The Kier molecular flexibility index (Phi) is 4.09. The molecule has 5 heterocycles. The van der Waals surface area contributed by atoms with Crippen LogP contribution in [0.2, 0.25) is 0 Å². The number of aromatic nitrogens is 5. The second-order valence-corrected chi connectivity index (χ2v) is 8.65. The zero-order valence-corrected chi connectivity index (χ0v) is 16.8. The largest absolute Gasteiger partial charge is 0.341 e. The van der Waals surface area contributed by atoms with Crippen LogP contribution in [0.3, 0.4) is 0 Å². The Morgan fingerprint density at radius 2 is 2.29 bits per heavy atom. The first kappa shape index (κ1) is 17.6. The normalized spacial score (nSPS) is 20.3. The van der Waals surface area contributed by atoms with E-state index < -0.39 is 0 Å². The monoisotopic (exact) mass is 397 g/mol. The molecule has 0 aliphatic carbocycles. The smallest absolute Gasteiger partial charge is 0.262 e. The van der Waals surface area contributed by atoms with Crippen molar-refractivity contribution in [1.82, 2.24) is 34.8 Å². The highest BCUT2D eigenvalue weighted by atomic mass is 32.1. The number of carbonyl (C=O) groups is 1. The number of fused-ring (bicyclic) bond motifs is 2. The van der Waals surface area contributed by atoms with Crippen LogP contribution in [0, 0.1) is 0 Å². The lowest BCUT2D eigenvalue weighted by Crippen LogP contribution is -2.60. The third kappa shape index (κ3) is 2.68. The molecule has 0 saturated carbocycles. The number of thiophene rings is 1. The number of amides is 1. The summed E-state index contributed by atoms with van der Waals surface area (Å²) in [6.45, 7) is 4.79. The molecule has 1 saturated heterocycles. The molecule has 2 aliphatic heterocycles. The van der Waals surface area contributed by atoms with Gasteiger partial charge in [0.25, 0.3) is 5.91 Å². The first-order chi connectivity index (χ1) is 13.6. The standard InChI is InChI=1S/C19H23N7OS/c1-3-13-4-7-28-16(13)18(27)22-15-8-19(26-6-5-20-17(15)26)11-25(12-19)10-14-9-21-23-24(14)2/h4-7,9,15H,3,8,10-12H2,1-2H3,(H,22,27). The average molecular weight is 398 g/mol. The summed E-state index contributed by atoms with van der Waals surface area (Å²) < 4.78 is 4.09. The fraction of sp³-hybridized carbons (Fsp3) is 0.474. The van der Waals surface area contributed by atoms with E-state index in [2.05, 4.69) is 37.0 Å². The lowest BCUT2D eigenvalue weighted by molar-refractivity contribution is 0.00592. The Balaban J connectivity index is 1.30. The van der Waals surface area contributed by atoms with E-state index in [-0.39, 0.29) is 17.5 Å². The predicted molar refractivity (Wildman–Crippen MR) is 105 cm³/mol. The number of likely N-dealkylation sites (tertiary alicyclic amines) is 1. The molecule has 1 amide bonds. The van der Waals surface area contributed by atoms with Gasteiger partial charge in [0, 0.05) is 45.5 Å². The van der Waals surface area contributed by atoms with Gasteiger partial charge in [-0.25, -0.2) is 4.98 Å². The molecule has 1 unspecified atom stereocenters. The first-order valence-electron chi connectivity index (χ1n) is 9.56. The number of hydrogen-bond acceptors (Lipinski definition) is 6. The molecule has 146 valence electrons. The van der Waals surface area contributed by atoms with Gasteiger partial charge >= 0.3 is 0 Å². The van der Waals surface area contributed by atoms with Gasteiger partial charge in [-0.05, 0) is 23.4 Å². The molecule has 2 aliphatic rings. The van der Waals surface area contributed by atoms with E-state index in [0.29, 0.717) is 0 Å². The van der Waals surface area contributed by atoms with E-state index in [1.807, 2.05) is 41.8 Å². The molecule has 3 aromatic heterocycles. The molecule has 0 radical (unpaired) electrons. The summed E-state index contributed by atoms with van der Waals surface area (Å²) in [4.78, 5) is 20.6. The maximum atomic E-state index is 12.8. The van der Waals surface area contributed by atoms with Gasteiger partial charge in [0.2, 0.25) is 0 Å². The molecule has 1 atom stereocenters. The Bertz CT molecular complexity index is 1010. The zero-order chi connectivity index (χ0) is 19.3. The second-order valence-electron chi connectivity index (χ2n) is 7.73. The van der Waals surface area contributed by atoms with Gasteiger partial charge in [-0.2, -0.15) is 0 Å². The van der Waals surface area contributed by atoms with E-state index in [1.54, 1.807) is 0 Å². The molecule has 5 rings (SSSR count). The van der Waals surface area contributed by atoms with Crippen LogP contribution in [0.1, 0.15) is 46.1 Å². The van der Waals surface area contributed by atoms with Gasteiger partial charge < -0.3 is 9.88 Å². The highest BCUT2D eigenvalue weighted by Crippen LogP contribution is 2.45. The lowest BCUT2D eigenvalue weighted by Gasteiger charge is -2.49. The van der Waals surface area contributed by atoms with Crippen molar-refractivity contribution in [3.05, 3.63) is 52.0 Å². The quantitative estimate of drug-likeness (QED) is 0.709. The fourth-order valence-corrected chi connectivity index (χ4v) is 5.46.